The van der Waals surface area contributed by atoms with Crippen LogP contribution in [0.5, 0.6) is 0 Å². The molecule has 1 fully saturated rings. The predicted molar refractivity (Wildman–Crippen MR) is 78.9 cm³/mol. The third-order valence-electron chi connectivity index (χ3n) is 3.00. The topological polar surface area (TPSA) is 37.3 Å². The Morgan fingerprint density at radius 2 is 2.00 bits per heavy atom. The molecule has 0 heterocycles. The summed E-state index contributed by atoms with van der Waals surface area (Å²) in [4.78, 5) is 10.3. The van der Waals surface area contributed by atoms with Crippen molar-refractivity contribution in [3.05, 3.63) is 57.0 Å². The zero-order chi connectivity index (χ0) is 14.0. The molecule has 5 heteroatoms. The van der Waals surface area contributed by atoms with E-state index in [9.17, 15) is 9.18 Å². The van der Waals surface area contributed by atoms with Gasteiger partial charge in [-0.25, -0.2) is 9.18 Å². The quantitative estimate of drug-likeness (QED) is 0.609. The fourth-order valence-electron chi connectivity index (χ4n) is 1.98. The second-order valence-corrected chi connectivity index (χ2v) is 6.01. The maximum atomic E-state index is 13.7. The Balaban J connectivity index is 2.03. The van der Waals surface area contributed by atoms with E-state index in [1.807, 2.05) is 18.2 Å². The third kappa shape index (κ3) is 3.54. The van der Waals surface area contributed by atoms with E-state index in [1.54, 1.807) is 12.2 Å². The Bertz CT molecular complexity index is 554. The molecular formula is C14H11Br2FO2. The molecule has 3 unspecified atom stereocenters. The Kier molecular flexibility index (Phi) is 4.58. The molecule has 2 rings (SSSR count). The SMILES string of the molecule is O=C(O)C=CC=CC1C(F)C1c1ccc(Br)c(Br)c1. The summed E-state index contributed by atoms with van der Waals surface area (Å²) in [7, 11) is 0. The number of alkyl halides is 1. The fourth-order valence-corrected chi connectivity index (χ4v) is 2.62. The van der Waals surface area contributed by atoms with Gasteiger partial charge < -0.3 is 5.11 Å². The minimum Gasteiger partial charge on any atom is -0.478 e. The van der Waals surface area contributed by atoms with Crippen LogP contribution in [0.1, 0.15) is 11.5 Å². The van der Waals surface area contributed by atoms with E-state index in [0.29, 0.717) is 0 Å². The zero-order valence-electron chi connectivity index (χ0n) is 9.76. The van der Waals surface area contributed by atoms with Crippen LogP contribution in [0.25, 0.3) is 0 Å². The van der Waals surface area contributed by atoms with E-state index < -0.39 is 12.1 Å². The highest BCUT2D eigenvalue weighted by Crippen LogP contribution is 2.51. The summed E-state index contributed by atoms with van der Waals surface area (Å²) in [5.74, 6) is -1.32. The first kappa shape index (κ1) is 14.5. The first-order valence-corrected chi connectivity index (χ1v) is 7.26. The average molecular weight is 390 g/mol. The molecule has 1 aliphatic rings. The minimum atomic E-state index is -1.01. The van der Waals surface area contributed by atoms with Crippen LogP contribution in [0.4, 0.5) is 4.39 Å². The highest BCUT2D eigenvalue weighted by atomic mass is 79.9. The van der Waals surface area contributed by atoms with Crippen molar-refractivity contribution in [3.63, 3.8) is 0 Å². The van der Waals surface area contributed by atoms with Crippen LogP contribution in [0.2, 0.25) is 0 Å². The van der Waals surface area contributed by atoms with Gasteiger partial charge in [0.15, 0.2) is 0 Å². The summed E-state index contributed by atoms with van der Waals surface area (Å²) >= 11 is 6.77. The standard InChI is InChI=1S/C14H11Br2FO2/c15-10-6-5-8(7-11(10)16)13-9(14(13)17)3-1-2-4-12(18)19/h1-7,9,13-14H,(H,18,19). The second kappa shape index (κ2) is 6.01. The molecule has 1 saturated carbocycles. The number of carbonyl (C=O) groups is 1. The van der Waals surface area contributed by atoms with Crippen molar-refractivity contribution in [2.45, 2.75) is 12.1 Å². The number of carboxylic acid groups (broad SMARTS) is 1. The molecule has 3 atom stereocenters. The van der Waals surface area contributed by atoms with Gasteiger partial charge in [-0.2, -0.15) is 0 Å². The van der Waals surface area contributed by atoms with Gasteiger partial charge in [0.25, 0.3) is 0 Å². The largest absolute Gasteiger partial charge is 0.478 e. The van der Waals surface area contributed by atoms with Crippen LogP contribution < -0.4 is 0 Å². The number of carboxylic acids is 1. The van der Waals surface area contributed by atoms with Crippen LogP contribution in [-0.2, 0) is 4.79 Å². The van der Waals surface area contributed by atoms with Crippen LogP contribution in [0.15, 0.2) is 51.4 Å². The van der Waals surface area contributed by atoms with E-state index in [4.69, 9.17) is 5.11 Å². The number of halogens is 3. The Hall–Kier alpha value is -0.940. The van der Waals surface area contributed by atoms with Crippen LogP contribution in [0.3, 0.4) is 0 Å². The van der Waals surface area contributed by atoms with Crippen LogP contribution in [-0.4, -0.2) is 17.2 Å². The Labute approximate surface area is 127 Å². The Morgan fingerprint density at radius 3 is 2.63 bits per heavy atom. The first-order valence-electron chi connectivity index (χ1n) is 5.67. The van der Waals surface area contributed by atoms with Crippen molar-refractivity contribution in [1.82, 2.24) is 0 Å². The van der Waals surface area contributed by atoms with Gasteiger partial charge in [0, 0.05) is 26.9 Å². The Morgan fingerprint density at radius 1 is 1.26 bits per heavy atom. The highest BCUT2D eigenvalue weighted by molar-refractivity contribution is 9.13. The lowest BCUT2D eigenvalue weighted by Crippen LogP contribution is -1.84. The van der Waals surface area contributed by atoms with Gasteiger partial charge in [0.1, 0.15) is 6.17 Å². The molecule has 0 aliphatic heterocycles. The smallest absolute Gasteiger partial charge is 0.328 e. The van der Waals surface area contributed by atoms with Gasteiger partial charge in [-0.05, 0) is 49.6 Å². The lowest BCUT2D eigenvalue weighted by Gasteiger charge is -2.01. The maximum absolute atomic E-state index is 13.7. The number of hydrogen-bond donors (Lipinski definition) is 1. The molecular weight excluding hydrogens is 379 g/mol. The summed E-state index contributed by atoms with van der Waals surface area (Å²) in [5, 5.41) is 8.43. The molecule has 1 aliphatic carbocycles. The summed E-state index contributed by atoms with van der Waals surface area (Å²) in [6.07, 6.45) is 4.83. The van der Waals surface area contributed by atoms with Crippen molar-refractivity contribution in [2.75, 3.05) is 0 Å². The number of aliphatic carboxylic acids is 1. The monoisotopic (exact) mass is 388 g/mol. The summed E-state index contributed by atoms with van der Waals surface area (Å²) in [5.41, 5.74) is 0.944. The van der Waals surface area contributed by atoms with E-state index in [0.717, 1.165) is 20.6 Å². The van der Waals surface area contributed by atoms with Crippen LogP contribution in [0, 0.1) is 5.92 Å². The lowest BCUT2D eigenvalue weighted by molar-refractivity contribution is -0.131. The lowest BCUT2D eigenvalue weighted by atomic mass is 10.1. The molecule has 0 saturated heterocycles. The molecule has 0 amide bonds. The average Bonchev–Trinajstić information content (AvgIpc) is 2.99. The number of allylic oxidation sites excluding steroid dienone is 3. The molecule has 2 nitrogen and oxygen atoms in total. The molecule has 0 spiro atoms. The summed E-state index contributed by atoms with van der Waals surface area (Å²) in [6.45, 7) is 0. The molecule has 1 aromatic carbocycles. The van der Waals surface area contributed by atoms with Crippen molar-refractivity contribution in [2.24, 2.45) is 5.92 Å². The number of rotatable bonds is 4. The fraction of sp³-hybridized carbons (Fsp3) is 0.214. The van der Waals surface area contributed by atoms with Gasteiger partial charge in [0.05, 0.1) is 0 Å². The molecule has 0 aromatic heterocycles. The van der Waals surface area contributed by atoms with Crippen LogP contribution >= 0.6 is 31.9 Å². The van der Waals surface area contributed by atoms with Crippen molar-refractivity contribution in [3.8, 4) is 0 Å². The molecule has 0 radical (unpaired) electrons. The van der Waals surface area contributed by atoms with Crippen molar-refractivity contribution >= 4 is 37.8 Å². The third-order valence-corrected chi connectivity index (χ3v) is 4.88. The molecule has 1 N–H and O–H groups in total. The van der Waals surface area contributed by atoms with Crippen molar-refractivity contribution in [1.29, 1.82) is 0 Å². The molecule has 1 aromatic rings. The number of hydrogen-bond acceptors (Lipinski definition) is 1. The summed E-state index contributed by atoms with van der Waals surface area (Å²) < 4.78 is 15.6. The van der Waals surface area contributed by atoms with Gasteiger partial charge in [0.2, 0.25) is 0 Å². The molecule has 100 valence electrons. The predicted octanol–water partition coefficient (Wildman–Crippen LogP) is 4.46. The van der Waals surface area contributed by atoms with E-state index in [1.165, 1.54) is 6.08 Å². The minimum absolute atomic E-state index is 0.140. The van der Waals surface area contributed by atoms with Crippen molar-refractivity contribution < 1.29 is 14.3 Å². The number of benzene rings is 1. The van der Waals surface area contributed by atoms with E-state index >= 15 is 0 Å². The molecule has 0 bridgehead atoms. The second-order valence-electron chi connectivity index (χ2n) is 4.30. The van der Waals surface area contributed by atoms with Gasteiger partial charge >= 0.3 is 5.97 Å². The van der Waals surface area contributed by atoms with Gasteiger partial charge in [-0.15, -0.1) is 0 Å². The zero-order valence-corrected chi connectivity index (χ0v) is 12.9. The highest BCUT2D eigenvalue weighted by Gasteiger charge is 2.50. The van der Waals surface area contributed by atoms with Gasteiger partial charge in [-0.1, -0.05) is 24.3 Å². The van der Waals surface area contributed by atoms with Gasteiger partial charge in [-0.3, -0.25) is 0 Å². The first-order chi connectivity index (χ1) is 9.00. The summed E-state index contributed by atoms with van der Waals surface area (Å²) in [6, 6.07) is 5.69. The van der Waals surface area contributed by atoms with E-state index in [2.05, 4.69) is 31.9 Å². The normalized spacial score (nSPS) is 26.2. The molecule has 19 heavy (non-hydrogen) atoms. The maximum Gasteiger partial charge on any atom is 0.328 e. The van der Waals surface area contributed by atoms with E-state index in [-0.39, 0.29) is 11.8 Å².